The Kier molecular flexibility index (Phi) is 5.83. The number of benzene rings is 2. The number of aryl methyl sites for hydroxylation is 1. The van der Waals surface area contributed by atoms with Crippen molar-refractivity contribution in [1.29, 1.82) is 0 Å². The van der Waals surface area contributed by atoms with E-state index in [1.807, 2.05) is 24.0 Å². The molecule has 1 saturated heterocycles. The normalized spacial score (nSPS) is 17.7. The molecule has 5 rings (SSSR count). The van der Waals surface area contributed by atoms with Crippen molar-refractivity contribution in [3.05, 3.63) is 69.0 Å². The van der Waals surface area contributed by atoms with Gasteiger partial charge in [-0.2, -0.15) is 23.0 Å². The molecule has 0 saturated carbocycles. The molecule has 2 aromatic carbocycles. The van der Waals surface area contributed by atoms with Gasteiger partial charge in [-0.3, -0.25) is 4.79 Å². The summed E-state index contributed by atoms with van der Waals surface area (Å²) in [5.74, 6) is 0.693. The van der Waals surface area contributed by atoms with Gasteiger partial charge in [0.05, 0.1) is 30.2 Å². The number of β-amino-alcohol motifs (C(OH)–C–C–N with tert-alkyl or cyclic N) is 1. The molecule has 0 bridgehead atoms. The van der Waals surface area contributed by atoms with Crippen molar-refractivity contribution < 1.29 is 23.0 Å². The highest BCUT2D eigenvalue weighted by molar-refractivity contribution is 5.68. The minimum absolute atomic E-state index is 0.303. The van der Waals surface area contributed by atoms with E-state index in [0.717, 1.165) is 33.9 Å². The maximum Gasteiger partial charge on any atom is 0.418 e. The Morgan fingerprint density at radius 2 is 1.89 bits per heavy atom. The van der Waals surface area contributed by atoms with Gasteiger partial charge in [0.15, 0.2) is 0 Å². The zero-order chi connectivity index (χ0) is 24.9. The number of aliphatic hydroxyl groups excluding tert-OH is 1. The maximum atomic E-state index is 14.1. The number of rotatable bonds is 4. The molecule has 9 heteroatoms. The van der Waals surface area contributed by atoms with E-state index in [-0.39, 0.29) is 5.69 Å². The highest BCUT2D eigenvalue weighted by Crippen LogP contribution is 2.37. The monoisotopic (exact) mass is 485 g/mol. The lowest BCUT2D eigenvalue weighted by atomic mass is 10.0. The van der Waals surface area contributed by atoms with Crippen LogP contribution < -0.4 is 15.2 Å². The summed E-state index contributed by atoms with van der Waals surface area (Å²) < 4.78 is 48.4. The van der Waals surface area contributed by atoms with Crippen LogP contribution in [0.2, 0.25) is 0 Å². The first-order chi connectivity index (χ1) is 16.7. The molecule has 35 heavy (non-hydrogen) atoms. The van der Waals surface area contributed by atoms with Crippen molar-refractivity contribution in [3.8, 4) is 22.7 Å². The number of alkyl halides is 3. The number of hydrogen-bond acceptors (Lipinski definition) is 5. The second-order valence-corrected chi connectivity index (χ2v) is 9.15. The van der Waals surface area contributed by atoms with Crippen LogP contribution >= 0.6 is 0 Å². The van der Waals surface area contributed by atoms with E-state index in [0.29, 0.717) is 55.0 Å². The van der Waals surface area contributed by atoms with Crippen LogP contribution in [0.4, 0.5) is 18.9 Å². The summed E-state index contributed by atoms with van der Waals surface area (Å²) in [5, 5.41) is 14.4. The molecule has 0 amide bonds. The molecule has 1 N–H and O–H groups in total. The maximum absolute atomic E-state index is 14.1. The molecule has 184 valence electrons. The fraction of sp³-hybridized carbons (Fsp3) is 0.385. The third-order valence-corrected chi connectivity index (χ3v) is 6.87. The Morgan fingerprint density at radius 3 is 2.54 bits per heavy atom. The van der Waals surface area contributed by atoms with Crippen molar-refractivity contribution in [3.63, 3.8) is 0 Å². The van der Waals surface area contributed by atoms with Crippen LogP contribution in [0.1, 0.15) is 35.1 Å². The summed E-state index contributed by atoms with van der Waals surface area (Å²) in [6.07, 6.45) is -2.78. The number of halogens is 3. The van der Waals surface area contributed by atoms with Crippen LogP contribution in [0.25, 0.3) is 16.9 Å². The Labute approximate surface area is 200 Å². The fourth-order valence-electron chi connectivity index (χ4n) is 5.10. The minimum Gasteiger partial charge on any atom is -0.496 e. The zero-order valence-electron chi connectivity index (χ0n) is 19.5. The molecule has 1 atom stereocenters. The van der Waals surface area contributed by atoms with Crippen molar-refractivity contribution in [1.82, 2.24) is 9.78 Å². The Bertz CT molecular complexity index is 1350. The average Bonchev–Trinajstić information content (AvgIpc) is 3.48. The van der Waals surface area contributed by atoms with Gasteiger partial charge >= 0.3 is 6.18 Å². The largest absolute Gasteiger partial charge is 0.496 e. The lowest BCUT2D eigenvalue weighted by Crippen LogP contribution is -2.29. The molecular formula is C26H26F3N3O3. The molecule has 1 fully saturated rings. The number of hydrogen-bond donors (Lipinski definition) is 1. The van der Waals surface area contributed by atoms with Crippen LogP contribution in [0.15, 0.2) is 41.2 Å². The smallest absolute Gasteiger partial charge is 0.418 e. The van der Waals surface area contributed by atoms with E-state index < -0.39 is 23.4 Å². The van der Waals surface area contributed by atoms with Crippen LogP contribution in [-0.4, -0.2) is 41.2 Å². The number of aliphatic hydroxyl groups is 1. The summed E-state index contributed by atoms with van der Waals surface area (Å²) in [5.41, 5.74) is 2.17. The standard InChI is InChI=1S/C26H26F3N3O3/c1-15-12-16(6-9-23(15)35-2)24-19-4-3-5-20(19)25(34)32(30-24)22-13-17(31-11-10-18(33)14-31)7-8-21(22)26(27,28)29/h6-9,12-13,18,33H,3-5,10-11,14H2,1-2H3. The van der Waals surface area contributed by atoms with Gasteiger partial charge in [0, 0.05) is 29.9 Å². The van der Waals surface area contributed by atoms with Crippen molar-refractivity contribution in [2.75, 3.05) is 25.1 Å². The number of anilines is 1. The summed E-state index contributed by atoms with van der Waals surface area (Å²) >= 11 is 0. The SMILES string of the molecule is COc1ccc(-c2nn(-c3cc(N4CCC(O)C4)ccc3C(F)(F)F)c(=O)c3c2CCC3)cc1C. The van der Waals surface area contributed by atoms with Gasteiger partial charge in [-0.1, -0.05) is 0 Å². The molecule has 0 radical (unpaired) electrons. The fourth-order valence-corrected chi connectivity index (χ4v) is 5.10. The molecule has 0 spiro atoms. The van der Waals surface area contributed by atoms with Crippen LogP contribution in [0.3, 0.4) is 0 Å². The first-order valence-corrected chi connectivity index (χ1v) is 11.6. The van der Waals surface area contributed by atoms with Gasteiger partial charge in [-0.25, -0.2) is 0 Å². The number of ether oxygens (including phenoxy) is 1. The van der Waals surface area contributed by atoms with Crippen LogP contribution in [-0.2, 0) is 19.0 Å². The highest BCUT2D eigenvalue weighted by Gasteiger charge is 2.36. The molecule has 3 aromatic rings. The first-order valence-electron chi connectivity index (χ1n) is 11.6. The third-order valence-electron chi connectivity index (χ3n) is 6.87. The van der Waals surface area contributed by atoms with E-state index in [4.69, 9.17) is 4.74 Å². The quantitative estimate of drug-likeness (QED) is 0.597. The average molecular weight is 486 g/mol. The van der Waals surface area contributed by atoms with Crippen LogP contribution in [0.5, 0.6) is 5.75 Å². The molecule has 6 nitrogen and oxygen atoms in total. The first kappa shape index (κ1) is 23.4. The Morgan fingerprint density at radius 1 is 1.11 bits per heavy atom. The van der Waals surface area contributed by atoms with E-state index in [9.17, 15) is 23.1 Å². The Balaban J connectivity index is 1.73. The zero-order valence-corrected chi connectivity index (χ0v) is 19.5. The van der Waals surface area contributed by atoms with Gasteiger partial charge < -0.3 is 14.7 Å². The van der Waals surface area contributed by atoms with Crippen molar-refractivity contribution in [2.45, 2.75) is 44.9 Å². The van der Waals surface area contributed by atoms with Crippen LogP contribution in [0, 0.1) is 6.92 Å². The molecule has 1 unspecified atom stereocenters. The summed E-state index contributed by atoms with van der Waals surface area (Å²) in [6, 6.07) is 9.23. The summed E-state index contributed by atoms with van der Waals surface area (Å²) in [4.78, 5) is 15.3. The number of aromatic nitrogens is 2. The van der Waals surface area contributed by atoms with Gasteiger partial charge in [0.2, 0.25) is 0 Å². The van der Waals surface area contributed by atoms with E-state index in [1.54, 1.807) is 13.2 Å². The van der Waals surface area contributed by atoms with Gasteiger partial charge in [-0.05, 0) is 80.1 Å². The molecular weight excluding hydrogens is 459 g/mol. The Hall–Kier alpha value is -3.33. The van der Waals surface area contributed by atoms with E-state index >= 15 is 0 Å². The number of methoxy groups -OCH3 is 1. The topological polar surface area (TPSA) is 67.6 Å². The van der Waals surface area contributed by atoms with Gasteiger partial charge in [0.1, 0.15) is 5.75 Å². The lowest BCUT2D eigenvalue weighted by molar-refractivity contribution is -0.137. The predicted molar refractivity (Wildman–Crippen MR) is 126 cm³/mol. The number of fused-ring (bicyclic) bond motifs is 1. The minimum atomic E-state index is -4.67. The predicted octanol–water partition coefficient (Wildman–Crippen LogP) is 4.30. The second kappa shape index (κ2) is 8.71. The van der Waals surface area contributed by atoms with Gasteiger partial charge in [-0.15, -0.1) is 0 Å². The molecule has 1 aliphatic carbocycles. The van der Waals surface area contributed by atoms with Crippen molar-refractivity contribution in [2.24, 2.45) is 0 Å². The van der Waals surface area contributed by atoms with Crippen molar-refractivity contribution >= 4 is 5.69 Å². The molecule has 2 aliphatic rings. The summed E-state index contributed by atoms with van der Waals surface area (Å²) in [7, 11) is 1.57. The molecule has 1 aliphatic heterocycles. The summed E-state index contributed by atoms with van der Waals surface area (Å²) in [6.45, 7) is 2.73. The lowest BCUT2D eigenvalue weighted by Gasteiger charge is -2.22. The van der Waals surface area contributed by atoms with E-state index in [1.165, 1.54) is 12.1 Å². The highest BCUT2D eigenvalue weighted by atomic mass is 19.4. The molecule has 2 heterocycles. The number of nitrogens with zero attached hydrogens (tertiary/aromatic N) is 3. The third kappa shape index (κ3) is 4.18. The second-order valence-electron chi connectivity index (χ2n) is 9.15. The molecule has 1 aromatic heterocycles. The van der Waals surface area contributed by atoms with E-state index in [2.05, 4.69) is 5.10 Å². The van der Waals surface area contributed by atoms with Gasteiger partial charge in [0.25, 0.3) is 5.56 Å².